The monoisotopic (exact) mass is 378 g/mol. The zero-order chi connectivity index (χ0) is 16.8. The van der Waals surface area contributed by atoms with E-state index in [0.717, 1.165) is 22.9 Å². The smallest absolute Gasteiger partial charge is 0.235 e. The van der Waals surface area contributed by atoms with Crippen LogP contribution in [0.2, 0.25) is 10.0 Å². The van der Waals surface area contributed by atoms with Crippen molar-refractivity contribution in [2.24, 2.45) is 0 Å². The van der Waals surface area contributed by atoms with Gasteiger partial charge in [-0.2, -0.15) is 14.7 Å². The van der Waals surface area contributed by atoms with Crippen LogP contribution in [0.3, 0.4) is 0 Å². The summed E-state index contributed by atoms with van der Waals surface area (Å²) in [6, 6.07) is 7.24. The molecular formula is C15H12Cl2N6S. The van der Waals surface area contributed by atoms with E-state index in [4.69, 9.17) is 23.2 Å². The minimum atomic E-state index is 0.550. The Labute approximate surface area is 151 Å². The van der Waals surface area contributed by atoms with Gasteiger partial charge in [-0.3, -0.25) is 4.68 Å². The van der Waals surface area contributed by atoms with Gasteiger partial charge in [0.2, 0.25) is 4.96 Å². The third kappa shape index (κ3) is 2.49. The van der Waals surface area contributed by atoms with Crippen molar-refractivity contribution < 1.29 is 0 Å². The highest BCUT2D eigenvalue weighted by Crippen LogP contribution is 2.32. The van der Waals surface area contributed by atoms with E-state index < -0.39 is 0 Å². The van der Waals surface area contributed by atoms with Crippen LogP contribution < -0.4 is 0 Å². The van der Waals surface area contributed by atoms with E-state index in [1.807, 2.05) is 17.7 Å². The highest BCUT2D eigenvalue weighted by molar-refractivity contribution is 7.19. The largest absolute Gasteiger partial charge is 0.269 e. The Kier molecular flexibility index (Phi) is 3.79. The quantitative estimate of drug-likeness (QED) is 0.531. The van der Waals surface area contributed by atoms with Crippen LogP contribution in [0.5, 0.6) is 0 Å². The molecule has 0 N–H and O–H groups in total. The average Bonchev–Trinajstić information content (AvgIpc) is 3.23. The Bertz CT molecular complexity index is 1050. The number of aryl methyl sites for hydroxylation is 2. The molecule has 1 aromatic carbocycles. The molecule has 0 aliphatic rings. The highest BCUT2D eigenvalue weighted by Gasteiger charge is 2.18. The van der Waals surface area contributed by atoms with E-state index in [1.165, 1.54) is 11.3 Å². The molecule has 3 aromatic heterocycles. The van der Waals surface area contributed by atoms with Gasteiger partial charge in [-0.1, -0.05) is 34.5 Å². The second-order valence-electron chi connectivity index (χ2n) is 5.24. The lowest BCUT2D eigenvalue weighted by Crippen LogP contribution is -1.98. The summed E-state index contributed by atoms with van der Waals surface area (Å²) in [5.74, 6) is 0.562. The van der Waals surface area contributed by atoms with Gasteiger partial charge in [0.25, 0.3) is 0 Å². The summed E-state index contributed by atoms with van der Waals surface area (Å²) in [5.41, 5.74) is 2.62. The molecule has 4 rings (SSSR count). The minimum Gasteiger partial charge on any atom is -0.269 e. The van der Waals surface area contributed by atoms with Crippen molar-refractivity contribution >= 4 is 39.5 Å². The fourth-order valence-electron chi connectivity index (χ4n) is 2.49. The molecule has 0 atom stereocenters. The second kappa shape index (κ2) is 5.84. The van der Waals surface area contributed by atoms with Crippen LogP contribution >= 0.6 is 34.5 Å². The van der Waals surface area contributed by atoms with Gasteiger partial charge in [-0.05, 0) is 38.1 Å². The van der Waals surface area contributed by atoms with Crippen LogP contribution in [-0.2, 0) is 6.54 Å². The maximum Gasteiger partial charge on any atom is 0.235 e. The van der Waals surface area contributed by atoms with E-state index in [9.17, 15) is 0 Å². The molecule has 6 nitrogen and oxygen atoms in total. The summed E-state index contributed by atoms with van der Waals surface area (Å²) in [7, 11) is 0. The number of fused-ring (bicyclic) bond motifs is 1. The van der Waals surface area contributed by atoms with Crippen LogP contribution in [0.15, 0.2) is 24.3 Å². The highest BCUT2D eigenvalue weighted by atomic mass is 35.5. The standard InChI is InChI=1S/C15H12Cl2N6S/c1-3-22-8(2)6-12(20-22)14-21-23-13(18-19-15(23)24-14)10-7-9(16)4-5-11(10)17/h4-7H,3H2,1-2H3. The SMILES string of the molecule is CCn1nc(-c2nn3c(-c4cc(Cl)ccc4Cl)nnc3s2)cc1C. The molecular weight excluding hydrogens is 367 g/mol. The zero-order valence-electron chi connectivity index (χ0n) is 12.9. The van der Waals surface area contributed by atoms with Gasteiger partial charge < -0.3 is 0 Å². The predicted octanol–water partition coefficient (Wildman–Crippen LogP) is 4.35. The molecule has 0 unspecified atom stereocenters. The van der Waals surface area contributed by atoms with E-state index in [-0.39, 0.29) is 0 Å². The van der Waals surface area contributed by atoms with Crippen molar-refractivity contribution in [3.8, 4) is 22.1 Å². The third-order valence-corrected chi connectivity index (χ3v) is 5.15. The molecule has 0 saturated carbocycles. The molecule has 0 bridgehead atoms. The Balaban J connectivity index is 1.85. The van der Waals surface area contributed by atoms with Gasteiger partial charge in [0.1, 0.15) is 5.69 Å². The molecule has 0 aliphatic heterocycles. The average molecular weight is 379 g/mol. The van der Waals surface area contributed by atoms with Gasteiger partial charge in [0.15, 0.2) is 10.8 Å². The molecule has 122 valence electrons. The summed E-state index contributed by atoms with van der Waals surface area (Å²) in [5, 5.41) is 19.5. The van der Waals surface area contributed by atoms with Gasteiger partial charge in [-0.15, -0.1) is 10.2 Å². The summed E-state index contributed by atoms with van der Waals surface area (Å²) in [6.07, 6.45) is 0. The van der Waals surface area contributed by atoms with Crippen LogP contribution in [0.1, 0.15) is 12.6 Å². The van der Waals surface area contributed by atoms with Crippen molar-refractivity contribution in [2.75, 3.05) is 0 Å². The van der Waals surface area contributed by atoms with Crippen molar-refractivity contribution in [1.82, 2.24) is 29.6 Å². The van der Waals surface area contributed by atoms with E-state index in [1.54, 1.807) is 22.7 Å². The number of hydrogen-bond donors (Lipinski definition) is 0. The predicted molar refractivity (Wildman–Crippen MR) is 95.7 cm³/mol. The van der Waals surface area contributed by atoms with Crippen LogP contribution in [0.4, 0.5) is 0 Å². The molecule has 0 radical (unpaired) electrons. The first-order chi connectivity index (χ1) is 11.6. The summed E-state index contributed by atoms with van der Waals surface area (Å²) >= 11 is 13.8. The van der Waals surface area contributed by atoms with Crippen LogP contribution in [0, 0.1) is 6.92 Å². The molecule has 0 fully saturated rings. The van der Waals surface area contributed by atoms with Gasteiger partial charge >= 0.3 is 0 Å². The van der Waals surface area contributed by atoms with Gasteiger partial charge in [-0.25, -0.2) is 0 Å². The molecule has 0 spiro atoms. The molecule has 9 heteroatoms. The van der Waals surface area contributed by atoms with E-state index in [0.29, 0.717) is 26.4 Å². The van der Waals surface area contributed by atoms with Gasteiger partial charge in [0.05, 0.1) is 5.02 Å². The number of aromatic nitrogens is 6. The normalized spacial score (nSPS) is 11.5. The summed E-state index contributed by atoms with van der Waals surface area (Å²) in [6.45, 7) is 4.90. The van der Waals surface area contributed by atoms with Crippen LogP contribution in [0.25, 0.3) is 27.1 Å². The number of halogens is 2. The first-order valence-electron chi connectivity index (χ1n) is 7.29. The molecule has 0 amide bonds. The lowest BCUT2D eigenvalue weighted by Gasteiger charge is -2.01. The molecule has 3 heterocycles. The number of benzene rings is 1. The Morgan fingerprint density at radius 1 is 1.12 bits per heavy atom. The molecule has 0 saturated heterocycles. The fraction of sp³-hybridized carbons (Fsp3) is 0.200. The number of hydrogen-bond acceptors (Lipinski definition) is 5. The molecule has 4 aromatic rings. The topological polar surface area (TPSA) is 60.9 Å². The van der Waals surface area contributed by atoms with Crippen molar-refractivity contribution in [2.45, 2.75) is 20.4 Å². The second-order valence-corrected chi connectivity index (χ2v) is 7.04. The fourth-order valence-corrected chi connectivity index (χ4v) is 3.66. The van der Waals surface area contributed by atoms with Crippen molar-refractivity contribution in [3.05, 3.63) is 40.0 Å². The Morgan fingerprint density at radius 2 is 1.96 bits per heavy atom. The number of rotatable bonds is 3. The van der Waals surface area contributed by atoms with Crippen LogP contribution in [-0.4, -0.2) is 29.6 Å². The lowest BCUT2D eigenvalue weighted by atomic mass is 10.2. The summed E-state index contributed by atoms with van der Waals surface area (Å²) in [4.78, 5) is 0.680. The molecule has 0 aliphatic carbocycles. The molecule has 24 heavy (non-hydrogen) atoms. The van der Waals surface area contributed by atoms with E-state index in [2.05, 4.69) is 27.3 Å². The first kappa shape index (κ1) is 15.6. The first-order valence-corrected chi connectivity index (χ1v) is 8.86. The van der Waals surface area contributed by atoms with Gasteiger partial charge in [0, 0.05) is 22.8 Å². The minimum absolute atomic E-state index is 0.550. The Hall–Kier alpha value is -1.96. The Morgan fingerprint density at radius 3 is 2.71 bits per heavy atom. The number of nitrogens with zero attached hydrogens (tertiary/aromatic N) is 6. The van der Waals surface area contributed by atoms with Crippen molar-refractivity contribution in [3.63, 3.8) is 0 Å². The third-order valence-electron chi connectivity index (χ3n) is 3.66. The maximum atomic E-state index is 6.27. The lowest BCUT2D eigenvalue weighted by molar-refractivity contribution is 0.641. The summed E-state index contributed by atoms with van der Waals surface area (Å²) < 4.78 is 3.62. The van der Waals surface area contributed by atoms with E-state index >= 15 is 0 Å². The van der Waals surface area contributed by atoms with Crippen molar-refractivity contribution in [1.29, 1.82) is 0 Å². The zero-order valence-corrected chi connectivity index (χ0v) is 15.2. The maximum absolute atomic E-state index is 6.27.